The first-order valence-electron chi connectivity index (χ1n) is 6.42. The number of halogens is 1. The van der Waals surface area contributed by atoms with Crippen molar-refractivity contribution in [3.8, 4) is 0 Å². The molecule has 2 unspecified atom stereocenters. The molecule has 10 heteroatoms. The summed E-state index contributed by atoms with van der Waals surface area (Å²) in [5.74, 6) is -4.32. The zero-order chi connectivity index (χ0) is 16.7. The molecule has 0 aromatic heterocycles. The lowest BCUT2D eigenvalue weighted by atomic mass is 9.98. The SMILES string of the molecule is COC(=O)C1=NN(N=O)C2C(=O)N(c3ccc(F)cc3)C(=O)C12. The monoisotopic (exact) mass is 320 g/mol. The second kappa shape index (κ2) is 5.23. The lowest BCUT2D eigenvalue weighted by Crippen LogP contribution is -2.36. The number of rotatable bonds is 3. The molecule has 0 radical (unpaired) electrons. The van der Waals surface area contributed by atoms with E-state index < -0.39 is 35.6 Å². The number of nitroso groups, excluding NO2 is 1. The molecule has 0 bridgehead atoms. The molecule has 1 aromatic rings. The fourth-order valence-electron chi connectivity index (χ4n) is 2.58. The van der Waals surface area contributed by atoms with Gasteiger partial charge >= 0.3 is 5.97 Å². The Morgan fingerprint density at radius 3 is 2.48 bits per heavy atom. The Balaban J connectivity index is 2.03. The number of anilines is 1. The second-order valence-corrected chi connectivity index (χ2v) is 4.79. The van der Waals surface area contributed by atoms with Crippen LogP contribution in [0.4, 0.5) is 10.1 Å². The van der Waals surface area contributed by atoms with Crippen LogP contribution in [0.5, 0.6) is 0 Å². The summed E-state index contributed by atoms with van der Waals surface area (Å²) in [4.78, 5) is 48.3. The van der Waals surface area contributed by atoms with Gasteiger partial charge in [0.25, 0.3) is 5.91 Å². The number of esters is 1. The number of hydrogen-bond acceptors (Lipinski definition) is 7. The number of hydrazone groups is 1. The van der Waals surface area contributed by atoms with Crippen molar-refractivity contribution in [3.05, 3.63) is 35.0 Å². The molecule has 118 valence electrons. The van der Waals surface area contributed by atoms with Crippen molar-refractivity contribution in [3.63, 3.8) is 0 Å². The molecule has 0 spiro atoms. The molecule has 1 aromatic carbocycles. The highest BCUT2D eigenvalue weighted by Crippen LogP contribution is 2.35. The minimum atomic E-state index is -1.35. The number of carbonyl (C=O) groups excluding carboxylic acids is 3. The average molecular weight is 320 g/mol. The van der Waals surface area contributed by atoms with E-state index in [4.69, 9.17) is 0 Å². The van der Waals surface area contributed by atoms with Crippen LogP contribution in [-0.4, -0.2) is 41.8 Å². The fraction of sp³-hybridized carbons (Fsp3) is 0.231. The third-order valence-electron chi connectivity index (χ3n) is 3.59. The van der Waals surface area contributed by atoms with E-state index in [1.807, 2.05) is 0 Å². The van der Waals surface area contributed by atoms with E-state index in [1.165, 1.54) is 12.1 Å². The zero-order valence-electron chi connectivity index (χ0n) is 11.7. The maximum Gasteiger partial charge on any atom is 0.355 e. The van der Waals surface area contributed by atoms with E-state index in [0.717, 1.165) is 24.1 Å². The molecule has 2 aliphatic heterocycles. The summed E-state index contributed by atoms with van der Waals surface area (Å²) in [5.41, 5.74) is -0.258. The van der Waals surface area contributed by atoms with Crippen molar-refractivity contribution < 1.29 is 23.5 Å². The number of methoxy groups -OCH3 is 1. The Hall–Kier alpha value is -3.17. The number of ether oxygens (including phenoxy) is 1. The summed E-state index contributed by atoms with van der Waals surface area (Å²) in [6.45, 7) is 0. The molecular weight excluding hydrogens is 311 g/mol. The van der Waals surface area contributed by atoms with Crippen LogP contribution in [0.3, 0.4) is 0 Å². The number of fused-ring (bicyclic) bond motifs is 1. The van der Waals surface area contributed by atoms with Gasteiger partial charge in [0.05, 0.1) is 18.1 Å². The van der Waals surface area contributed by atoms with Crippen LogP contribution in [0, 0.1) is 16.6 Å². The van der Waals surface area contributed by atoms with E-state index >= 15 is 0 Å². The highest BCUT2D eigenvalue weighted by atomic mass is 19.1. The van der Waals surface area contributed by atoms with Crippen molar-refractivity contribution in [2.75, 3.05) is 12.0 Å². The maximum absolute atomic E-state index is 13.0. The van der Waals surface area contributed by atoms with E-state index in [9.17, 15) is 23.7 Å². The smallest absolute Gasteiger partial charge is 0.355 e. The van der Waals surface area contributed by atoms with E-state index in [1.54, 1.807) is 0 Å². The van der Waals surface area contributed by atoms with Gasteiger partial charge in [-0.1, -0.05) is 0 Å². The van der Waals surface area contributed by atoms with Crippen LogP contribution in [0.2, 0.25) is 0 Å². The Labute approximate surface area is 128 Å². The molecule has 0 aliphatic carbocycles. The molecule has 2 amide bonds. The number of nitrogens with zero attached hydrogens (tertiary/aromatic N) is 4. The molecular formula is C13H9FN4O5. The van der Waals surface area contributed by atoms with Crippen molar-refractivity contribution in [1.82, 2.24) is 5.12 Å². The van der Waals surface area contributed by atoms with Gasteiger partial charge in [-0.2, -0.15) is 0 Å². The second-order valence-electron chi connectivity index (χ2n) is 4.79. The Kier molecular flexibility index (Phi) is 3.36. The molecule has 2 atom stereocenters. The van der Waals surface area contributed by atoms with Gasteiger partial charge in [-0.25, -0.2) is 14.1 Å². The summed E-state index contributed by atoms with van der Waals surface area (Å²) in [5, 5.41) is 6.60. The normalized spacial score (nSPS) is 23.0. The summed E-state index contributed by atoms with van der Waals surface area (Å²) in [6, 6.07) is 3.28. The van der Waals surface area contributed by atoms with E-state index in [-0.39, 0.29) is 11.4 Å². The van der Waals surface area contributed by atoms with Crippen molar-refractivity contribution >= 4 is 29.2 Å². The van der Waals surface area contributed by atoms with Crippen LogP contribution in [0.15, 0.2) is 34.7 Å². The standard InChI is InChI=1S/C13H9FN4O5/c1-23-13(21)9-8-10(18(15-9)16-22)12(20)17(11(8)19)7-4-2-6(14)3-5-7/h2-5,8,10H,1H3. The Morgan fingerprint density at radius 1 is 1.26 bits per heavy atom. The molecule has 1 fully saturated rings. The topological polar surface area (TPSA) is 109 Å². The van der Waals surface area contributed by atoms with Gasteiger partial charge in [0, 0.05) is 0 Å². The summed E-state index contributed by atoms with van der Waals surface area (Å²) in [6.07, 6.45) is 0. The number of hydrogen-bond donors (Lipinski definition) is 0. The van der Waals surface area contributed by atoms with Crippen LogP contribution >= 0.6 is 0 Å². The van der Waals surface area contributed by atoms with Crippen LogP contribution in [0.1, 0.15) is 0 Å². The van der Waals surface area contributed by atoms with Gasteiger partial charge in [-0.15, -0.1) is 15.1 Å². The first-order chi connectivity index (χ1) is 11.0. The van der Waals surface area contributed by atoms with Crippen molar-refractivity contribution in [2.24, 2.45) is 16.3 Å². The largest absolute Gasteiger partial charge is 0.464 e. The Bertz CT molecular complexity index is 747. The number of benzene rings is 1. The first-order valence-corrected chi connectivity index (χ1v) is 6.42. The number of imide groups is 1. The van der Waals surface area contributed by atoms with Gasteiger partial charge in [0.1, 0.15) is 11.7 Å². The third-order valence-corrected chi connectivity index (χ3v) is 3.59. The highest BCUT2D eigenvalue weighted by Gasteiger charge is 2.59. The molecule has 0 saturated carbocycles. The fourth-order valence-corrected chi connectivity index (χ4v) is 2.58. The van der Waals surface area contributed by atoms with Gasteiger partial charge < -0.3 is 4.74 Å². The van der Waals surface area contributed by atoms with Crippen LogP contribution in [0.25, 0.3) is 0 Å². The molecule has 2 heterocycles. The summed E-state index contributed by atoms with van der Waals surface area (Å²) < 4.78 is 17.5. The lowest BCUT2D eigenvalue weighted by Gasteiger charge is -2.16. The number of amides is 2. The summed E-state index contributed by atoms with van der Waals surface area (Å²) >= 11 is 0. The van der Waals surface area contributed by atoms with Crippen LogP contribution in [-0.2, 0) is 19.1 Å². The zero-order valence-corrected chi connectivity index (χ0v) is 11.7. The molecule has 2 aliphatic rings. The molecule has 0 N–H and O–H groups in total. The molecule has 3 rings (SSSR count). The maximum atomic E-state index is 13.0. The molecule has 9 nitrogen and oxygen atoms in total. The van der Waals surface area contributed by atoms with Gasteiger partial charge in [-0.05, 0) is 24.3 Å². The van der Waals surface area contributed by atoms with Gasteiger partial charge in [0.2, 0.25) is 5.91 Å². The minimum Gasteiger partial charge on any atom is -0.464 e. The first kappa shape index (κ1) is 14.8. The molecule has 1 saturated heterocycles. The van der Waals surface area contributed by atoms with E-state index in [2.05, 4.69) is 15.1 Å². The van der Waals surface area contributed by atoms with Crippen molar-refractivity contribution in [2.45, 2.75) is 6.04 Å². The molecule has 23 heavy (non-hydrogen) atoms. The Morgan fingerprint density at radius 2 is 1.91 bits per heavy atom. The van der Waals surface area contributed by atoms with E-state index in [0.29, 0.717) is 5.12 Å². The predicted molar refractivity (Wildman–Crippen MR) is 73.3 cm³/mol. The van der Waals surface area contributed by atoms with Crippen molar-refractivity contribution in [1.29, 1.82) is 0 Å². The quantitative estimate of drug-likeness (QED) is 0.447. The minimum absolute atomic E-state index is 0.117. The summed E-state index contributed by atoms with van der Waals surface area (Å²) in [7, 11) is 1.08. The van der Waals surface area contributed by atoms with Gasteiger partial charge in [-0.3, -0.25) is 9.59 Å². The van der Waals surface area contributed by atoms with Crippen LogP contribution < -0.4 is 4.90 Å². The average Bonchev–Trinajstić information content (AvgIpc) is 3.05. The predicted octanol–water partition coefficient (Wildman–Crippen LogP) is 0.210. The lowest BCUT2D eigenvalue weighted by molar-refractivity contribution is -0.133. The number of carbonyl (C=O) groups is 3. The highest BCUT2D eigenvalue weighted by molar-refractivity contribution is 6.46. The third kappa shape index (κ3) is 2.06. The van der Waals surface area contributed by atoms with Gasteiger partial charge in [0.15, 0.2) is 11.8 Å².